The van der Waals surface area contributed by atoms with Gasteiger partial charge in [-0.05, 0) is 12.3 Å². The summed E-state index contributed by atoms with van der Waals surface area (Å²) in [6, 6.07) is 0. The van der Waals surface area contributed by atoms with Gasteiger partial charge in [-0.1, -0.05) is 32.9 Å². The molecular formula is C7H14. The molecule has 0 spiro atoms. The molecule has 1 atom stereocenters. The predicted octanol–water partition coefficient (Wildman–Crippen LogP) is 2.61. The van der Waals surface area contributed by atoms with Crippen molar-refractivity contribution in [2.75, 3.05) is 0 Å². The molecule has 42 valence electrons. The van der Waals surface area contributed by atoms with E-state index in [0.717, 1.165) is 5.92 Å². The van der Waals surface area contributed by atoms with Crippen LogP contribution in [0.25, 0.3) is 0 Å². The molecule has 0 N–H and O–H groups in total. The lowest BCUT2D eigenvalue weighted by Gasteiger charge is -2.08. The van der Waals surface area contributed by atoms with Crippen molar-refractivity contribution >= 4 is 0 Å². The molecule has 0 aromatic heterocycles. The number of hydrogen-bond acceptors (Lipinski definition) is 0. The zero-order valence-corrected chi connectivity index (χ0v) is 5.44. The van der Waals surface area contributed by atoms with Crippen LogP contribution in [-0.4, -0.2) is 0 Å². The van der Waals surface area contributed by atoms with E-state index < -0.39 is 0 Å². The highest BCUT2D eigenvalue weighted by atomic mass is 14.0. The van der Waals surface area contributed by atoms with Crippen molar-refractivity contribution in [1.29, 1.82) is 0 Å². The van der Waals surface area contributed by atoms with Gasteiger partial charge in [0.2, 0.25) is 0 Å². The van der Waals surface area contributed by atoms with Crippen LogP contribution >= 0.6 is 0 Å². The maximum absolute atomic E-state index is 2.22. The molecule has 7 heavy (non-hydrogen) atoms. The first-order valence-corrected chi connectivity index (χ1v) is 3.06. The van der Waals surface area contributed by atoms with E-state index in [0.29, 0.717) is 0 Å². The van der Waals surface area contributed by atoms with Crippen LogP contribution in [0.3, 0.4) is 0 Å². The van der Waals surface area contributed by atoms with Gasteiger partial charge in [0.15, 0.2) is 0 Å². The van der Waals surface area contributed by atoms with Gasteiger partial charge in [-0.2, -0.15) is 0 Å². The largest absolute Gasteiger partial charge is 0.0877 e. The van der Waals surface area contributed by atoms with Gasteiger partial charge in [-0.25, -0.2) is 0 Å². The third kappa shape index (κ3) is 2.44. The molecule has 0 bridgehead atoms. The first kappa shape index (κ1) is 6.74. The zero-order chi connectivity index (χ0) is 5.70. The average molecular weight is 98.2 g/mol. The van der Waals surface area contributed by atoms with Crippen LogP contribution in [0.4, 0.5) is 0 Å². The van der Waals surface area contributed by atoms with E-state index in [1.54, 1.807) is 0 Å². The molecule has 1 unspecified atom stereocenters. The molecule has 0 heterocycles. The summed E-state index contributed by atoms with van der Waals surface area (Å²) in [7, 11) is 0. The van der Waals surface area contributed by atoms with Crippen molar-refractivity contribution in [2.24, 2.45) is 5.92 Å². The summed E-state index contributed by atoms with van der Waals surface area (Å²) in [6.45, 7) is 6.22. The molecule has 0 amide bonds. The molecule has 0 aliphatic heterocycles. The lowest BCUT2D eigenvalue weighted by Crippen LogP contribution is -1.93. The molecular weight excluding hydrogens is 84.1 g/mol. The molecule has 1 rings (SSSR count). The Morgan fingerprint density at radius 3 is 1.71 bits per heavy atom. The van der Waals surface area contributed by atoms with Crippen molar-refractivity contribution in [3.8, 4) is 0 Å². The van der Waals surface area contributed by atoms with Crippen LogP contribution in [0, 0.1) is 5.92 Å². The SMILES string of the molecule is CC.CC1C=CC1. The maximum atomic E-state index is 2.22. The fourth-order valence-electron chi connectivity index (χ4n) is 0.408. The van der Waals surface area contributed by atoms with E-state index >= 15 is 0 Å². The fourth-order valence-corrected chi connectivity index (χ4v) is 0.408. The first-order valence-electron chi connectivity index (χ1n) is 3.06. The van der Waals surface area contributed by atoms with E-state index in [2.05, 4.69) is 19.1 Å². The van der Waals surface area contributed by atoms with Gasteiger partial charge in [0.1, 0.15) is 0 Å². The second-order valence-corrected chi connectivity index (χ2v) is 1.64. The van der Waals surface area contributed by atoms with Gasteiger partial charge in [-0.15, -0.1) is 0 Å². The minimum absolute atomic E-state index is 0.884. The monoisotopic (exact) mass is 98.1 g/mol. The van der Waals surface area contributed by atoms with Crippen LogP contribution in [0.15, 0.2) is 12.2 Å². The highest BCUT2D eigenvalue weighted by Gasteiger charge is 1.98. The summed E-state index contributed by atoms with van der Waals surface area (Å²) in [5.74, 6) is 0.884. The van der Waals surface area contributed by atoms with E-state index in [1.165, 1.54) is 6.42 Å². The summed E-state index contributed by atoms with van der Waals surface area (Å²) in [6.07, 6.45) is 5.73. The van der Waals surface area contributed by atoms with Crippen molar-refractivity contribution in [3.63, 3.8) is 0 Å². The lowest BCUT2D eigenvalue weighted by molar-refractivity contribution is 0.681. The Bertz CT molecular complexity index is 53.1. The second kappa shape index (κ2) is 3.91. The van der Waals surface area contributed by atoms with Gasteiger partial charge in [0.25, 0.3) is 0 Å². The Labute approximate surface area is 46.2 Å². The molecule has 0 radical (unpaired) electrons. The molecule has 0 fully saturated rings. The quantitative estimate of drug-likeness (QED) is 0.408. The smallest absolute Gasteiger partial charge is 0.0227 e. The van der Waals surface area contributed by atoms with Crippen molar-refractivity contribution in [2.45, 2.75) is 27.2 Å². The minimum atomic E-state index is 0.884. The standard InChI is InChI=1S/C5H8.C2H6/c1-5-3-2-4-5;1-2/h2-3,5H,4H2,1H3;1-2H3. The summed E-state index contributed by atoms with van der Waals surface area (Å²) in [5, 5.41) is 0. The lowest BCUT2D eigenvalue weighted by atomic mass is 9.98. The Morgan fingerprint density at radius 1 is 1.43 bits per heavy atom. The number of hydrogen-bond donors (Lipinski definition) is 0. The fraction of sp³-hybridized carbons (Fsp3) is 0.714. The summed E-state index contributed by atoms with van der Waals surface area (Å²) >= 11 is 0. The van der Waals surface area contributed by atoms with Gasteiger partial charge in [-0.3, -0.25) is 0 Å². The molecule has 0 heteroatoms. The van der Waals surface area contributed by atoms with Crippen molar-refractivity contribution in [1.82, 2.24) is 0 Å². The normalized spacial score (nSPS) is 24.7. The Hall–Kier alpha value is -0.260. The molecule has 0 aromatic carbocycles. The Balaban J connectivity index is 0.000000162. The number of rotatable bonds is 0. The summed E-state index contributed by atoms with van der Waals surface area (Å²) in [5.41, 5.74) is 0. The van der Waals surface area contributed by atoms with Gasteiger partial charge in [0, 0.05) is 0 Å². The van der Waals surface area contributed by atoms with Crippen molar-refractivity contribution < 1.29 is 0 Å². The van der Waals surface area contributed by atoms with E-state index in [4.69, 9.17) is 0 Å². The highest BCUT2D eigenvalue weighted by molar-refractivity contribution is 4.99. The summed E-state index contributed by atoms with van der Waals surface area (Å²) < 4.78 is 0. The van der Waals surface area contributed by atoms with Crippen LogP contribution in [0.5, 0.6) is 0 Å². The number of allylic oxidation sites excluding steroid dienone is 2. The molecule has 1 aliphatic carbocycles. The second-order valence-electron chi connectivity index (χ2n) is 1.64. The van der Waals surface area contributed by atoms with Crippen LogP contribution < -0.4 is 0 Å². The summed E-state index contributed by atoms with van der Waals surface area (Å²) in [4.78, 5) is 0. The van der Waals surface area contributed by atoms with E-state index in [9.17, 15) is 0 Å². The maximum Gasteiger partial charge on any atom is -0.0227 e. The van der Waals surface area contributed by atoms with E-state index in [1.807, 2.05) is 13.8 Å². The topological polar surface area (TPSA) is 0 Å². The highest BCUT2D eigenvalue weighted by Crippen LogP contribution is 2.13. The predicted molar refractivity (Wildman–Crippen MR) is 34.3 cm³/mol. The van der Waals surface area contributed by atoms with Crippen LogP contribution in [0.1, 0.15) is 27.2 Å². The average Bonchev–Trinajstić information content (AvgIpc) is 1.68. The van der Waals surface area contributed by atoms with E-state index in [-0.39, 0.29) is 0 Å². The Kier molecular flexibility index (Phi) is 3.77. The molecule has 0 saturated carbocycles. The Morgan fingerprint density at radius 2 is 1.71 bits per heavy atom. The minimum Gasteiger partial charge on any atom is -0.0877 e. The van der Waals surface area contributed by atoms with Gasteiger partial charge < -0.3 is 0 Å². The van der Waals surface area contributed by atoms with Crippen LogP contribution in [0.2, 0.25) is 0 Å². The molecule has 0 saturated heterocycles. The zero-order valence-electron chi connectivity index (χ0n) is 5.44. The molecule has 1 aliphatic rings. The van der Waals surface area contributed by atoms with Crippen molar-refractivity contribution in [3.05, 3.63) is 12.2 Å². The molecule has 0 nitrogen and oxygen atoms in total. The first-order chi connectivity index (χ1) is 3.39. The third-order valence-corrected chi connectivity index (χ3v) is 0.972. The van der Waals surface area contributed by atoms with Gasteiger partial charge >= 0.3 is 0 Å². The third-order valence-electron chi connectivity index (χ3n) is 0.972. The van der Waals surface area contributed by atoms with Gasteiger partial charge in [0.05, 0.1) is 0 Å². The van der Waals surface area contributed by atoms with Crippen LogP contribution in [-0.2, 0) is 0 Å². The molecule has 0 aromatic rings.